The lowest BCUT2D eigenvalue weighted by Crippen LogP contribution is -2.38. The summed E-state index contributed by atoms with van der Waals surface area (Å²) in [6.45, 7) is 9.64. The van der Waals surface area contributed by atoms with Gasteiger partial charge in [0.15, 0.2) is 5.13 Å². The maximum absolute atomic E-state index is 8.64. The third-order valence-electron chi connectivity index (χ3n) is 4.94. The van der Waals surface area contributed by atoms with E-state index >= 15 is 0 Å². The number of nitrogens with zero attached hydrogens (tertiary/aromatic N) is 5. The Morgan fingerprint density at radius 2 is 2.00 bits per heavy atom. The van der Waals surface area contributed by atoms with Crippen molar-refractivity contribution in [2.24, 2.45) is 0 Å². The van der Waals surface area contributed by atoms with Gasteiger partial charge in [-0.3, -0.25) is 14.9 Å². The summed E-state index contributed by atoms with van der Waals surface area (Å²) >= 11 is 1.51. The molecule has 25 heavy (non-hydrogen) atoms. The molecule has 4 heterocycles. The Balaban J connectivity index is 1.72. The van der Waals surface area contributed by atoms with Gasteiger partial charge in [-0.15, -0.1) is 11.3 Å². The number of hydrogen-bond acceptors (Lipinski definition) is 6. The predicted molar refractivity (Wildman–Crippen MR) is 97.3 cm³/mol. The minimum Gasteiger partial charge on any atom is -0.379 e. The number of hydrogen-bond donors (Lipinski definition) is 1. The quantitative estimate of drug-likeness (QED) is 0.771. The molecule has 8 heteroatoms. The molecule has 1 aliphatic rings. The first kappa shape index (κ1) is 16.4. The van der Waals surface area contributed by atoms with Crippen LogP contribution in [0.1, 0.15) is 11.3 Å². The average Bonchev–Trinajstić information content (AvgIpc) is 3.23. The normalized spacial score (nSPS) is 15.9. The van der Waals surface area contributed by atoms with Crippen LogP contribution < -0.4 is 5.49 Å². The number of aromatic nitrogens is 4. The summed E-state index contributed by atoms with van der Waals surface area (Å²) in [6.07, 6.45) is 3.47. The highest BCUT2D eigenvalue weighted by molar-refractivity contribution is 7.12. The monoisotopic (exact) mass is 358 g/mol. The van der Waals surface area contributed by atoms with Gasteiger partial charge in [0.25, 0.3) is 0 Å². The zero-order valence-corrected chi connectivity index (χ0v) is 15.3. The van der Waals surface area contributed by atoms with Gasteiger partial charge in [-0.25, -0.2) is 9.97 Å². The molecule has 1 aliphatic heterocycles. The van der Waals surface area contributed by atoms with Gasteiger partial charge in [0, 0.05) is 43.4 Å². The van der Waals surface area contributed by atoms with Gasteiger partial charge in [-0.2, -0.15) is 0 Å². The minimum absolute atomic E-state index is 0.450. The molecule has 0 aromatic carbocycles. The van der Waals surface area contributed by atoms with E-state index in [1.807, 2.05) is 5.38 Å². The van der Waals surface area contributed by atoms with E-state index in [0.717, 1.165) is 61.1 Å². The molecule has 0 bridgehead atoms. The average molecular weight is 358 g/mol. The first-order chi connectivity index (χ1) is 12.2. The molecule has 0 unspecified atom stereocenters. The van der Waals surface area contributed by atoms with Crippen LogP contribution in [-0.4, -0.2) is 56.9 Å². The number of aryl methyl sites for hydroxylation is 1. The summed E-state index contributed by atoms with van der Waals surface area (Å²) in [5.74, 6) is 0. The topological polar surface area (TPSA) is 72.0 Å². The van der Waals surface area contributed by atoms with E-state index in [9.17, 15) is 0 Å². The van der Waals surface area contributed by atoms with Crippen LogP contribution in [-0.2, 0) is 11.3 Å². The smallest absolute Gasteiger partial charge is 0.196 e. The Morgan fingerprint density at radius 1 is 1.20 bits per heavy atom. The maximum Gasteiger partial charge on any atom is 0.196 e. The molecule has 1 saturated heterocycles. The zero-order chi connectivity index (χ0) is 17.4. The van der Waals surface area contributed by atoms with E-state index in [2.05, 4.69) is 33.3 Å². The fourth-order valence-corrected chi connectivity index (χ4v) is 3.99. The Morgan fingerprint density at radius 3 is 2.72 bits per heavy atom. The van der Waals surface area contributed by atoms with E-state index < -0.39 is 0 Å². The van der Waals surface area contributed by atoms with Crippen molar-refractivity contribution in [3.63, 3.8) is 0 Å². The van der Waals surface area contributed by atoms with E-state index in [1.54, 1.807) is 17.1 Å². The number of thiazole rings is 1. The van der Waals surface area contributed by atoms with Crippen LogP contribution >= 0.6 is 11.3 Å². The largest absolute Gasteiger partial charge is 0.379 e. The highest BCUT2D eigenvalue weighted by atomic mass is 32.1. The molecule has 0 spiro atoms. The molecule has 4 rings (SSSR count). The fourth-order valence-electron chi connectivity index (χ4n) is 3.37. The van der Waals surface area contributed by atoms with Gasteiger partial charge >= 0.3 is 0 Å². The van der Waals surface area contributed by atoms with Gasteiger partial charge in [0.05, 0.1) is 18.6 Å². The lowest BCUT2D eigenvalue weighted by atomic mass is 10.2. The summed E-state index contributed by atoms with van der Waals surface area (Å²) in [4.78, 5) is 11.4. The maximum atomic E-state index is 8.64. The van der Waals surface area contributed by atoms with Crippen LogP contribution in [0.4, 0.5) is 0 Å². The van der Waals surface area contributed by atoms with Crippen molar-refractivity contribution >= 4 is 22.4 Å². The second-order valence-electron chi connectivity index (χ2n) is 6.29. The number of ether oxygens (including phenoxy) is 1. The van der Waals surface area contributed by atoms with Crippen molar-refractivity contribution in [3.8, 4) is 5.13 Å². The van der Waals surface area contributed by atoms with Crippen LogP contribution in [0.15, 0.2) is 17.9 Å². The van der Waals surface area contributed by atoms with Crippen LogP contribution in [0, 0.1) is 19.3 Å². The van der Waals surface area contributed by atoms with Crippen molar-refractivity contribution in [2.45, 2.75) is 20.4 Å². The summed E-state index contributed by atoms with van der Waals surface area (Å²) in [5.41, 5.74) is 3.65. The molecule has 0 aliphatic carbocycles. The molecule has 0 saturated carbocycles. The van der Waals surface area contributed by atoms with Crippen LogP contribution in [0.5, 0.6) is 0 Å². The van der Waals surface area contributed by atoms with Gasteiger partial charge in [-0.1, -0.05) is 0 Å². The van der Waals surface area contributed by atoms with E-state index in [1.165, 1.54) is 17.0 Å². The third kappa shape index (κ3) is 2.90. The second kappa shape index (κ2) is 6.70. The number of morpholine rings is 1. The van der Waals surface area contributed by atoms with Crippen LogP contribution in [0.3, 0.4) is 0 Å². The van der Waals surface area contributed by atoms with Gasteiger partial charge in [-0.05, 0) is 19.4 Å². The molecule has 1 fully saturated rings. The van der Waals surface area contributed by atoms with E-state index in [0.29, 0.717) is 5.49 Å². The van der Waals surface area contributed by atoms with E-state index in [-0.39, 0.29) is 0 Å². The molecule has 0 radical (unpaired) electrons. The lowest BCUT2D eigenvalue weighted by molar-refractivity contribution is 0.0364. The highest BCUT2D eigenvalue weighted by Gasteiger charge is 2.17. The minimum atomic E-state index is 0.450. The molecule has 132 valence electrons. The molecule has 3 aromatic heterocycles. The SMILES string of the molecule is Cc1c(C)n(CCN2CCOCC2)c2ncn(-c3nccs3)c(=N)c12. The van der Waals surface area contributed by atoms with Gasteiger partial charge in [0.2, 0.25) is 0 Å². The molecule has 1 N–H and O–H groups in total. The molecular weight excluding hydrogens is 336 g/mol. The zero-order valence-electron chi connectivity index (χ0n) is 14.5. The Kier molecular flexibility index (Phi) is 4.41. The summed E-state index contributed by atoms with van der Waals surface area (Å²) in [5, 5.41) is 12.2. The van der Waals surface area contributed by atoms with Crippen molar-refractivity contribution < 1.29 is 4.74 Å². The van der Waals surface area contributed by atoms with Crippen molar-refractivity contribution in [2.75, 3.05) is 32.8 Å². The Labute approximate surface area is 150 Å². The van der Waals surface area contributed by atoms with Gasteiger partial charge < -0.3 is 9.30 Å². The lowest BCUT2D eigenvalue weighted by Gasteiger charge is -2.26. The Hall–Kier alpha value is -2.03. The third-order valence-corrected chi connectivity index (χ3v) is 5.71. The van der Waals surface area contributed by atoms with Crippen LogP contribution in [0.25, 0.3) is 16.2 Å². The molecule has 3 aromatic rings. The van der Waals surface area contributed by atoms with E-state index in [4.69, 9.17) is 10.1 Å². The summed E-state index contributed by atoms with van der Waals surface area (Å²) < 4.78 is 9.42. The van der Waals surface area contributed by atoms with Crippen molar-refractivity contribution in [3.05, 3.63) is 34.6 Å². The summed E-state index contributed by atoms with van der Waals surface area (Å²) in [7, 11) is 0. The first-order valence-corrected chi connectivity index (χ1v) is 9.36. The highest BCUT2D eigenvalue weighted by Crippen LogP contribution is 2.21. The predicted octanol–water partition coefficient (Wildman–Crippen LogP) is 1.71. The first-order valence-electron chi connectivity index (χ1n) is 8.48. The molecule has 0 amide bonds. The van der Waals surface area contributed by atoms with Crippen LogP contribution in [0.2, 0.25) is 0 Å². The van der Waals surface area contributed by atoms with Crippen molar-refractivity contribution in [1.82, 2.24) is 24.0 Å². The fraction of sp³-hybridized carbons (Fsp3) is 0.471. The standard InChI is InChI=1S/C17H22N6OS/c1-12-13(2)22(5-4-21-6-8-24-9-7-21)16-14(12)15(18)23(11-20-16)17-19-3-10-25-17/h3,10-11,18H,4-9H2,1-2H3. The Bertz CT molecular complexity index is 936. The second-order valence-corrected chi connectivity index (χ2v) is 7.17. The van der Waals surface area contributed by atoms with Gasteiger partial charge in [0.1, 0.15) is 17.5 Å². The number of nitrogens with one attached hydrogen (secondary N) is 1. The summed E-state index contributed by atoms with van der Waals surface area (Å²) in [6, 6.07) is 0. The van der Waals surface area contributed by atoms with Crippen molar-refractivity contribution in [1.29, 1.82) is 5.41 Å². The molecule has 0 atom stereocenters. The molecule has 7 nitrogen and oxygen atoms in total. The number of rotatable bonds is 4. The molecular formula is C17H22N6OS. The number of fused-ring (bicyclic) bond motifs is 1.